The first kappa shape index (κ1) is 27.4. The van der Waals surface area contributed by atoms with Crippen molar-refractivity contribution in [2.75, 3.05) is 37.7 Å². The van der Waals surface area contributed by atoms with Gasteiger partial charge in [0.15, 0.2) is 5.82 Å². The summed E-state index contributed by atoms with van der Waals surface area (Å²) in [6.07, 6.45) is 11.8. The molecule has 4 aliphatic rings. The normalized spacial score (nSPS) is 26.4. The number of aromatic nitrogens is 3. The van der Waals surface area contributed by atoms with Gasteiger partial charge in [-0.05, 0) is 74.1 Å². The molecule has 1 saturated carbocycles. The predicted molar refractivity (Wildman–Crippen MR) is 161 cm³/mol. The number of hydrogen-bond acceptors (Lipinski definition) is 7. The van der Waals surface area contributed by atoms with Crippen LogP contribution in [0.3, 0.4) is 0 Å². The molecule has 1 aliphatic carbocycles. The van der Waals surface area contributed by atoms with Crippen molar-refractivity contribution >= 4 is 27.5 Å². The predicted octanol–water partition coefficient (Wildman–Crippen LogP) is 6.00. The van der Waals surface area contributed by atoms with Crippen LogP contribution in [-0.4, -0.2) is 69.5 Å². The van der Waals surface area contributed by atoms with E-state index in [1.807, 2.05) is 0 Å². The van der Waals surface area contributed by atoms with Gasteiger partial charge in [-0.25, -0.2) is 13.2 Å². The van der Waals surface area contributed by atoms with Gasteiger partial charge in [0.1, 0.15) is 41.4 Å². The summed E-state index contributed by atoms with van der Waals surface area (Å²) < 4.78 is 52.2. The van der Waals surface area contributed by atoms with Crippen molar-refractivity contribution in [3.8, 4) is 35.4 Å². The topological polar surface area (TPSA) is 74.6 Å². The summed E-state index contributed by atoms with van der Waals surface area (Å²) >= 11 is 0. The summed E-state index contributed by atoms with van der Waals surface area (Å²) in [7, 11) is 0. The number of hydrogen-bond donors (Lipinski definition) is 1. The van der Waals surface area contributed by atoms with E-state index in [9.17, 15) is 13.9 Å². The molecule has 0 amide bonds. The van der Waals surface area contributed by atoms with Crippen LogP contribution in [0.5, 0.6) is 11.8 Å². The fourth-order valence-corrected chi connectivity index (χ4v) is 7.91. The molecular weight excluding hydrogens is 567 g/mol. The van der Waals surface area contributed by atoms with Gasteiger partial charge in [-0.3, -0.25) is 9.88 Å². The molecule has 4 aromatic rings. The zero-order valence-electron chi connectivity index (χ0n) is 24.2. The maximum Gasteiger partial charge on any atom is 0.319 e. The fraction of sp³-hybridized carbons (Fsp3) is 0.441. The van der Waals surface area contributed by atoms with Crippen LogP contribution in [0.15, 0.2) is 30.5 Å². The number of benzene rings is 2. The molecule has 7 nitrogen and oxygen atoms in total. The van der Waals surface area contributed by atoms with Gasteiger partial charge in [0.25, 0.3) is 0 Å². The molecule has 5 heterocycles. The molecule has 2 aromatic carbocycles. The minimum absolute atomic E-state index is 0.0114. The van der Waals surface area contributed by atoms with Crippen molar-refractivity contribution in [1.82, 2.24) is 19.9 Å². The van der Waals surface area contributed by atoms with Crippen LogP contribution in [0, 0.1) is 35.8 Å². The fourth-order valence-electron chi connectivity index (χ4n) is 7.91. The Kier molecular flexibility index (Phi) is 6.38. The molecule has 2 aromatic heterocycles. The van der Waals surface area contributed by atoms with Gasteiger partial charge in [0.2, 0.25) is 0 Å². The monoisotopic (exact) mass is 599 g/mol. The number of phenols is 1. The average molecular weight is 600 g/mol. The Morgan fingerprint density at radius 3 is 2.86 bits per heavy atom. The lowest BCUT2D eigenvalue weighted by Gasteiger charge is -2.31. The Morgan fingerprint density at radius 1 is 1.11 bits per heavy atom. The van der Waals surface area contributed by atoms with Crippen molar-refractivity contribution in [2.45, 2.75) is 50.2 Å². The number of alkyl halides is 1. The zero-order valence-corrected chi connectivity index (χ0v) is 24.2. The zero-order chi connectivity index (χ0) is 30.2. The van der Waals surface area contributed by atoms with Crippen molar-refractivity contribution in [3.05, 3.63) is 47.7 Å². The van der Waals surface area contributed by atoms with E-state index in [4.69, 9.17) is 16.1 Å². The lowest BCUT2D eigenvalue weighted by molar-refractivity contribution is 0.107. The Labute approximate surface area is 253 Å². The molecule has 10 heteroatoms. The van der Waals surface area contributed by atoms with E-state index in [1.54, 1.807) is 0 Å². The summed E-state index contributed by atoms with van der Waals surface area (Å²) in [6.45, 7) is 3.01. The summed E-state index contributed by atoms with van der Waals surface area (Å²) in [5, 5.41) is 11.7. The number of nitrogens with zero attached hydrogens (tertiary/aromatic N) is 5. The van der Waals surface area contributed by atoms with Gasteiger partial charge in [-0.2, -0.15) is 9.97 Å². The first-order valence-corrected chi connectivity index (χ1v) is 15.4. The molecule has 44 heavy (non-hydrogen) atoms. The summed E-state index contributed by atoms with van der Waals surface area (Å²) in [6, 6.07) is 5.52. The van der Waals surface area contributed by atoms with Crippen LogP contribution >= 0.6 is 0 Å². The van der Waals surface area contributed by atoms with Crippen LogP contribution in [-0.2, 0) is 0 Å². The Morgan fingerprint density at radius 2 is 2.00 bits per heavy atom. The van der Waals surface area contributed by atoms with Crippen LogP contribution < -0.4 is 9.64 Å². The number of terminal acetylenes is 1. The van der Waals surface area contributed by atoms with Gasteiger partial charge in [0, 0.05) is 43.2 Å². The minimum atomic E-state index is -0.906. The quantitative estimate of drug-likeness (QED) is 0.282. The Bertz CT molecular complexity index is 1860. The molecule has 0 radical (unpaired) electrons. The third-order valence-electron chi connectivity index (χ3n) is 10.2. The number of phenolic OH excluding ortho intramolecular Hbond substituents is 1. The number of rotatable bonds is 5. The summed E-state index contributed by atoms with van der Waals surface area (Å²) in [5.74, 6) is 2.71. The summed E-state index contributed by atoms with van der Waals surface area (Å²) in [5.41, 5.74) is -0.411. The van der Waals surface area contributed by atoms with Crippen molar-refractivity contribution in [3.63, 3.8) is 0 Å². The molecule has 3 aliphatic heterocycles. The van der Waals surface area contributed by atoms with Gasteiger partial charge < -0.3 is 14.7 Å². The largest absolute Gasteiger partial charge is 0.508 e. The van der Waals surface area contributed by atoms with E-state index in [0.29, 0.717) is 35.5 Å². The number of ether oxygens (including phenoxy) is 1. The van der Waals surface area contributed by atoms with Crippen LogP contribution in [0.1, 0.15) is 44.1 Å². The maximum atomic E-state index is 16.7. The van der Waals surface area contributed by atoms with Gasteiger partial charge in [-0.15, -0.1) is 6.42 Å². The van der Waals surface area contributed by atoms with Crippen molar-refractivity contribution in [1.29, 1.82) is 0 Å². The summed E-state index contributed by atoms with van der Waals surface area (Å²) in [4.78, 5) is 18.2. The second-order valence-corrected chi connectivity index (χ2v) is 12.9. The highest BCUT2D eigenvalue weighted by Crippen LogP contribution is 2.46. The molecule has 2 unspecified atom stereocenters. The molecule has 4 atom stereocenters. The number of halogens is 3. The molecule has 0 spiro atoms. The minimum Gasteiger partial charge on any atom is -0.508 e. The Hall–Kier alpha value is -4.10. The van der Waals surface area contributed by atoms with Crippen molar-refractivity contribution < 1.29 is 23.0 Å². The first-order chi connectivity index (χ1) is 21.3. The molecule has 4 fully saturated rings. The third-order valence-corrected chi connectivity index (χ3v) is 10.2. The standard InChI is InChI=1S/C34H32F3N5O2/c1-2-24-27(36)7-6-20-12-23(43)13-25(28(20)24)30-29(37)31-26(15-38-30)32(41-9-3-5-19-11-21(19)16-41)40-33(39-31)44-18-34-8-4-10-42(34)17-22(35)14-34/h1,6-7,12-13,15,19,21-22,43H,3-5,8-11,14,16-18H2/t19?,21?,22-,34+/m1/s1. The SMILES string of the molecule is C#Cc1c(F)ccc2cc(O)cc(-c3ncc4c(N5CCCC6CC6C5)nc(OC[C@@]56CCCN5C[C@H](F)C6)nc4c3F)c12. The highest BCUT2D eigenvalue weighted by molar-refractivity contribution is 6.03. The lowest BCUT2D eigenvalue weighted by Crippen LogP contribution is -2.43. The molecule has 1 N–H and O–H groups in total. The van der Waals surface area contributed by atoms with E-state index in [1.165, 1.54) is 36.9 Å². The second kappa shape index (κ2) is 10.2. The average Bonchev–Trinajstić information content (AvgIpc) is 3.58. The number of pyridine rings is 1. The number of anilines is 1. The van der Waals surface area contributed by atoms with Gasteiger partial charge in [-0.1, -0.05) is 12.0 Å². The molecular formula is C34H32F3N5O2. The van der Waals surface area contributed by atoms with Gasteiger partial charge in [0.05, 0.1) is 16.5 Å². The number of aromatic hydroxyl groups is 1. The molecule has 3 saturated heterocycles. The van der Waals surface area contributed by atoms with E-state index in [2.05, 4.69) is 25.7 Å². The number of fused-ring (bicyclic) bond motifs is 4. The Balaban J connectivity index is 1.27. The second-order valence-electron chi connectivity index (χ2n) is 12.9. The van der Waals surface area contributed by atoms with Gasteiger partial charge >= 0.3 is 6.01 Å². The molecule has 8 rings (SSSR count). The highest BCUT2D eigenvalue weighted by Gasteiger charge is 2.49. The van der Waals surface area contributed by atoms with Crippen molar-refractivity contribution in [2.24, 2.45) is 11.8 Å². The van der Waals surface area contributed by atoms with E-state index in [-0.39, 0.29) is 46.1 Å². The third kappa shape index (κ3) is 4.43. The first-order valence-electron chi connectivity index (χ1n) is 15.4. The highest BCUT2D eigenvalue weighted by atomic mass is 19.1. The molecule has 0 bridgehead atoms. The lowest BCUT2D eigenvalue weighted by atomic mass is 9.95. The van der Waals surface area contributed by atoms with E-state index < -0.39 is 23.3 Å². The maximum absolute atomic E-state index is 16.7. The molecule has 226 valence electrons. The smallest absolute Gasteiger partial charge is 0.319 e. The van der Waals surface area contributed by atoms with Crippen LogP contribution in [0.4, 0.5) is 19.0 Å². The van der Waals surface area contributed by atoms with E-state index in [0.717, 1.165) is 51.2 Å². The van der Waals surface area contributed by atoms with E-state index >= 15 is 4.39 Å². The van der Waals surface area contributed by atoms with Crippen LogP contribution in [0.2, 0.25) is 0 Å². The van der Waals surface area contributed by atoms with Crippen LogP contribution in [0.25, 0.3) is 32.9 Å².